The number of rotatable bonds is 3. The Kier molecular flexibility index (Phi) is 4.77. The van der Waals surface area contributed by atoms with E-state index in [0.717, 1.165) is 12.0 Å². The van der Waals surface area contributed by atoms with Gasteiger partial charge in [-0.25, -0.2) is 0 Å². The van der Waals surface area contributed by atoms with E-state index in [9.17, 15) is 0 Å². The second-order valence-electron chi connectivity index (χ2n) is 1.90. The minimum Gasteiger partial charge on any atom is -0.403 e. The van der Waals surface area contributed by atoms with Crippen LogP contribution in [0.2, 0.25) is 0 Å². The quantitative estimate of drug-likeness (QED) is 0.627. The lowest BCUT2D eigenvalue weighted by molar-refractivity contribution is 1.16. The molecule has 0 heterocycles. The SMILES string of the molecule is C=C(/C=C\C(Cl)=C/N)CC. The van der Waals surface area contributed by atoms with Crippen molar-refractivity contribution in [2.45, 2.75) is 13.3 Å². The van der Waals surface area contributed by atoms with E-state index in [4.69, 9.17) is 17.3 Å². The first-order valence-electron chi connectivity index (χ1n) is 3.14. The van der Waals surface area contributed by atoms with Gasteiger partial charge in [0.2, 0.25) is 0 Å². The molecule has 0 saturated carbocycles. The van der Waals surface area contributed by atoms with Crippen molar-refractivity contribution in [2.24, 2.45) is 5.73 Å². The van der Waals surface area contributed by atoms with Crippen LogP contribution in [-0.4, -0.2) is 0 Å². The molecule has 0 fully saturated rings. The Bertz CT molecular complexity index is 168. The fourth-order valence-electron chi connectivity index (χ4n) is 0.371. The monoisotopic (exact) mass is 157 g/mol. The Hall–Kier alpha value is -0.690. The lowest BCUT2D eigenvalue weighted by atomic mass is 10.2. The maximum Gasteiger partial charge on any atom is 0.0560 e. The van der Waals surface area contributed by atoms with E-state index in [-0.39, 0.29) is 0 Å². The van der Waals surface area contributed by atoms with Crippen molar-refractivity contribution < 1.29 is 0 Å². The van der Waals surface area contributed by atoms with E-state index in [2.05, 4.69) is 6.58 Å². The zero-order chi connectivity index (χ0) is 7.98. The van der Waals surface area contributed by atoms with Crippen LogP contribution in [0, 0.1) is 0 Å². The van der Waals surface area contributed by atoms with Crippen molar-refractivity contribution in [1.29, 1.82) is 0 Å². The van der Waals surface area contributed by atoms with Crippen molar-refractivity contribution in [3.63, 3.8) is 0 Å². The molecule has 56 valence electrons. The van der Waals surface area contributed by atoms with Gasteiger partial charge in [-0.15, -0.1) is 0 Å². The summed E-state index contributed by atoms with van der Waals surface area (Å²) in [6, 6.07) is 0. The summed E-state index contributed by atoms with van der Waals surface area (Å²) in [5, 5.41) is 0.537. The van der Waals surface area contributed by atoms with Gasteiger partial charge in [0.25, 0.3) is 0 Å². The van der Waals surface area contributed by atoms with Crippen molar-refractivity contribution in [3.8, 4) is 0 Å². The second kappa shape index (κ2) is 5.12. The Morgan fingerprint density at radius 2 is 2.20 bits per heavy atom. The summed E-state index contributed by atoms with van der Waals surface area (Å²) >= 11 is 5.57. The Morgan fingerprint density at radius 3 is 2.60 bits per heavy atom. The summed E-state index contributed by atoms with van der Waals surface area (Å²) in [5.74, 6) is 0. The highest BCUT2D eigenvalue weighted by Gasteiger charge is 1.82. The first-order chi connectivity index (χ1) is 4.70. The standard InChI is InChI=1S/C8H12ClN/c1-3-7(2)4-5-8(9)6-10/h4-6H,2-3,10H2,1H3/b5-4-,8-6+. The Labute approximate surface area is 66.9 Å². The van der Waals surface area contributed by atoms with Crippen LogP contribution in [0.1, 0.15) is 13.3 Å². The van der Waals surface area contributed by atoms with Gasteiger partial charge in [-0.1, -0.05) is 36.8 Å². The average molecular weight is 158 g/mol. The minimum atomic E-state index is 0.537. The smallest absolute Gasteiger partial charge is 0.0560 e. The molecule has 0 aliphatic carbocycles. The molecule has 10 heavy (non-hydrogen) atoms. The van der Waals surface area contributed by atoms with Crippen LogP contribution in [-0.2, 0) is 0 Å². The predicted molar refractivity (Wildman–Crippen MR) is 46.7 cm³/mol. The molecule has 0 radical (unpaired) electrons. The molecule has 0 aromatic heterocycles. The largest absolute Gasteiger partial charge is 0.403 e. The summed E-state index contributed by atoms with van der Waals surface area (Å²) < 4.78 is 0. The van der Waals surface area contributed by atoms with Gasteiger partial charge in [-0.2, -0.15) is 0 Å². The van der Waals surface area contributed by atoms with Gasteiger partial charge in [0.15, 0.2) is 0 Å². The van der Waals surface area contributed by atoms with Crippen LogP contribution >= 0.6 is 11.6 Å². The number of allylic oxidation sites excluding steroid dienone is 4. The maximum atomic E-state index is 5.57. The Morgan fingerprint density at radius 1 is 1.60 bits per heavy atom. The number of hydrogen-bond donors (Lipinski definition) is 1. The molecule has 0 aromatic rings. The molecular weight excluding hydrogens is 146 g/mol. The van der Waals surface area contributed by atoms with Gasteiger partial charge >= 0.3 is 0 Å². The van der Waals surface area contributed by atoms with Crippen LogP contribution in [0.5, 0.6) is 0 Å². The number of hydrogen-bond acceptors (Lipinski definition) is 1. The average Bonchev–Trinajstić information content (AvgIpc) is 1.99. The summed E-state index contributed by atoms with van der Waals surface area (Å²) in [7, 11) is 0. The van der Waals surface area contributed by atoms with E-state index in [1.54, 1.807) is 6.08 Å². The third-order valence-electron chi connectivity index (χ3n) is 1.09. The van der Waals surface area contributed by atoms with E-state index in [1.165, 1.54) is 6.20 Å². The molecule has 0 saturated heterocycles. The molecule has 0 bridgehead atoms. The highest BCUT2D eigenvalue weighted by molar-refractivity contribution is 6.31. The van der Waals surface area contributed by atoms with Crippen LogP contribution in [0.25, 0.3) is 0 Å². The third kappa shape index (κ3) is 4.21. The fourth-order valence-corrected chi connectivity index (χ4v) is 0.434. The first-order valence-corrected chi connectivity index (χ1v) is 3.51. The molecular formula is C8H12ClN. The number of nitrogens with two attached hydrogens (primary N) is 1. The van der Waals surface area contributed by atoms with Gasteiger partial charge < -0.3 is 5.73 Å². The van der Waals surface area contributed by atoms with E-state index in [0.29, 0.717) is 5.03 Å². The molecule has 2 N–H and O–H groups in total. The van der Waals surface area contributed by atoms with E-state index < -0.39 is 0 Å². The van der Waals surface area contributed by atoms with Crippen molar-refractivity contribution in [3.05, 3.63) is 35.5 Å². The second-order valence-corrected chi connectivity index (χ2v) is 2.33. The fraction of sp³-hybridized carbons (Fsp3) is 0.250. The van der Waals surface area contributed by atoms with Crippen molar-refractivity contribution >= 4 is 11.6 Å². The van der Waals surface area contributed by atoms with Gasteiger partial charge in [0.1, 0.15) is 0 Å². The lowest BCUT2D eigenvalue weighted by Crippen LogP contribution is -1.78. The highest BCUT2D eigenvalue weighted by atomic mass is 35.5. The predicted octanol–water partition coefficient (Wildman–Crippen LogP) is 2.55. The minimum absolute atomic E-state index is 0.537. The van der Waals surface area contributed by atoms with Crippen LogP contribution in [0.15, 0.2) is 35.5 Å². The van der Waals surface area contributed by atoms with E-state index in [1.807, 2.05) is 13.0 Å². The first kappa shape index (κ1) is 9.31. The third-order valence-corrected chi connectivity index (χ3v) is 1.34. The maximum absolute atomic E-state index is 5.57. The molecule has 0 rings (SSSR count). The van der Waals surface area contributed by atoms with Gasteiger partial charge in [-0.3, -0.25) is 0 Å². The summed E-state index contributed by atoms with van der Waals surface area (Å²) in [6.45, 7) is 5.80. The molecule has 0 spiro atoms. The van der Waals surface area contributed by atoms with Crippen LogP contribution < -0.4 is 5.73 Å². The lowest BCUT2D eigenvalue weighted by Gasteiger charge is -1.89. The molecule has 0 aliphatic rings. The topological polar surface area (TPSA) is 26.0 Å². The Balaban J connectivity index is 3.88. The molecule has 0 aliphatic heterocycles. The molecule has 0 aromatic carbocycles. The summed E-state index contributed by atoms with van der Waals surface area (Å²) in [4.78, 5) is 0. The molecule has 0 atom stereocenters. The van der Waals surface area contributed by atoms with Crippen molar-refractivity contribution in [1.82, 2.24) is 0 Å². The van der Waals surface area contributed by atoms with Crippen molar-refractivity contribution in [2.75, 3.05) is 0 Å². The summed E-state index contributed by atoms with van der Waals surface area (Å²) in [6.07, 6.45) is 5.87. The molecule has 1 nitrogen and oxygen atoms in total. The molecule has 0 amide bonds. The number of halogens is 1. The molecule has 2 heteroatoms. The van der Waals surface area contributed by atoms with Gasteiger partial charge in [0.05, 0.1) is 5.03 Å². The van der Waals surface area contributed by atoms with Crippen LogP contribution in [0.4, 0.5) is 0 Å². The molecule has 0 unspecified atom stereocenters. The van der Waals surface area contributed by atoms with Gasteiger partial charge in [0, 0.05) is 6.20 Å². The normalized spacial score (nSPS) is 12.4. The summed E-state index contributed by atoms with van der Waals surface area (Å²) in [5.41, 5.74) is 6.17. The van der Waals surface area contributed by atoms with Gasteiger partial charge in [-0.05, 0) is 12.5 Å². The zero-order valence-corrected chi connectivity index (χ0v) is 6.86. The highest BCUT2D eigenvalue weighted by Crippen LogP contribution is 2.04. The van der Waals surface area contributed by atoms with E-state index >= 15 is 0 Å². The zero-order valence-electron chi connectivity index (χ0n) is 6.10. The van der Waals surface area contributed by atoms with Crippen LogP contribution in [0.3, 0.4) is 0 Å².